The van der Waals surface area contributed by atoms with Crippen LogP contribution in [0.3, 0.4) is 0 Å². The zero-order valence-corrected chi connectivity index (χ0v) is 11.0. The Kier molecular flexibility index (Phi) is 5.40. The Morgan fingerprint density at radius 3 is 2.80 bits per heavy atom. The van der Waals surface area contributed by atoms with E-state index in [9.17, 15) is 0 Å². The van der Waals surface area contributed by atoms with Gasteiger partial charge in [-0.1, -0.05) is 13.8 Å². The zero-order chi connectivity index (χ0) is 11.3. The highest BCUT2D eigenvalue weighted by atomic mass is 35.5. The first kappa shape index (κ1) is 12.8. The largest absolute Gasteiger partial charge is 0.238 e. The van der Waals surface area contributed by atoms with Gasteiger partial charge in [-0.2, -0.15) is 0 Å². The smallest absolute Gasteiger partial charge is 0.126 e. The SMILES string of the molecule is CCc1cc(SC(C)CCCl)nc(C)n1. The van der Waals surface area contributed by atoms with E-state index in [4.69, 9.17) is 11.6 Å². The van der Waals surface area contributed by atoms with E-state index >= 15 is 0 Å². The topological polar surface area (TPSA) is 25.8 Å². The minimum Gasteiger partial charge on any atom is -0.238 e. The molecule has 1 unspecified atom stereocenters. The standard InChI is InChI=1S/C11H17ClN2S/c1-4-10-7-11(14-9(3)13-10)15-8(2)5-6-12/h7-8H,4-6H2,1-3H3. The van der Waals surface area contributed by atoms with E-state index in [1.165, 1.54) is 0 Å². The number of hydrogen-bond acceptors (Lipinski definition) is 3. The third kappa shape index (κ3) is 4.39. The summed E-state index contributed by atoms with van der Waals surface area (Å²) >= 11 is 7.48. The molecule has 0 bridgehead atoms. The van der Waals surface area contributed by atoms with E-state index in [1.807, 2.05) is 6.92 Å². The molecule has 4 heteroatoms. The molecule has 1 heterocycles. The quantitative estimate of drug-likeness (QED) is 0.451. The highest BCUT2D eigenvalue weighted by Gasteiger charge is 2.06. The van der Waals surface area contributed by atoms with Crippen molar-refractivity contribution in [1.29, 1.82) is 0 Å². The highest BCUT2D eigenvalue weighted by Crippen LogP contribution is 2.24. The normalized spacial score (nSPS) is 12.8. The number of alkyl halides is 1. The molecule has 0 aliphatic rings. The van der Waals surface area contributed by atoms with Crippen LogP contribution in [-0.2, 0) is 6.42 Å². The second kappa shape index (κ2) is 6.33. The molecule has 0 saturated carbocycles. The van der Waals surface area contributed by atoms with E-state index in [2.05, 4.69) is 29.9 Å². The van der Waals surface area contributed by atoms with Crippen molar-refractivity contribution in [3.05, 3.63) is 17.6 Å². The number of nitrogens with zero attached hydrogens (tertiary/aromatic N) is 2. The third-order valence-corrected chi connectivity index (χ3v) is 3.37. The molecule has 1 aromatic heterocycles. The first-order valence-corrected chi connectivity index (χ1v) is 6.64. The molecule has 0 radical (unpaired) electrons. The molecule has 0 aromatic carbocycles. The number of halogens is 1. The maximum Gasteiger partial charge on any atom is 0.126 e. The molecule has 1 aromatic rings. The fourth-order valence-electron chi connectivity index (χ4n) is 1.26. The second-order valence-electron chi connectivity index (χ2n) is 3.50. The average molecular weight is 245 g/mol. The van der Waals surface area contributed by atoms with Crippen LogP contribution in [-0.4, -0.2) is 21.1 Å². The van der Waals surface area contributed by atoms with Gasteiger partial charge < -0.3 is 0 Å². The number of aromatic nitrogens is 2. The van der Waals surface area contributed by atoms with Gasteiger partial charge >= 0.3 is 0 Å². The molecule has 0 saturated heterocycles. The Hall–Kier alpha value is -0.280. The van der Waals surface area contributed by atoms with Crippen molar-refractivity contribution in [1.82, 2.24) is 9.97 Å². The second-order valence-corrected chi connectivity index (χ2v) is 5.34. The Morgan fingerprint density at radius 2 is 2.20 bits per heavy atom. The predicted octanol–water partition coefficient (Wildman–Crippen LogP) is 3.46. The molecule has 15 heavy (non-hydrogen) atoms. The fourth-order valence-corrected chi connectivity index (χ4v) is 2.75. The maximum absolute atomic E-state index is 5.71. The molecule has 2 nitrogen and oxygen atoms in total. The van der Waals surface area contributed by atoms with Crippen LogP contribution in [0.2, 0.25) is 0 Å². The lowest BCUT2D eigenvalue weighted by Crippen LogP contribution is -2.00. The number of aryl methyl sites for hydroxylation is 2. The molecule has 1 rings (SSSR count). The Balaban J connectivity index is 2.71. The van der Waals surface area contributed by atoms with Crippen LogP contribution in [0.4, 0.5) is 0 Å². The maximum atomic E-state index is 5.71. The first-order valence-electron chi connectivity index (χ1n) is 5.23. The summed E-state index contributed by atoms with van der Waals surface area (Å²) in [6.45, 7) is 6.23. The van der Waals surface area contributed by atoms with Crippen LogP contribution in [0.1, 0.15) is 31.8 Å². The summed E-state index contributed by atoms with van der Waals surface area (Å²) in [4.78, 5) is 8.77. The zero-order valence-electron chi connectivity index (χ0n) is 9.46. The third-order valence-electron chi connectivity index (χ3n) is 2.07. The predicted molar refractivity (Wildman–Crippen MR) is 66.8 cm³/mol. The lowest BCUT2D eigenvalue weighted by Gasteiger charge is -2.09. The summed E-state index contributed by atoms with van der Waals surface area (Å²) in [6, 6.07) is 2.07. The highest BCUT2D eigenvalue weighted by molar-refractivity contribution is 7.99. The molecule has 0 spiro atoms. The van der Waals surface area contributed by atoms with Crippen molar-refractivity contribution in [3.8, 4) is 0 Å². The van der Waals surface area contributed by atoms with Gasteiger partial charge in [0.05, 0.1) is 0 Å². The molecule has 0 aliphatic heterocycles. The van der Waals surface area contributed by atoms with Gasteiger partial charge in [-0.3, -0.25) is 0 Å². The summed E-state index contributed by atoms with van der Waals surface area (Å²) in [5, 5.41) is 1.58. The number of rotatable bonds is 5. The van der Waals surface area contributed by atoms with Crippen LogP contribution in [0, 0.1) is 6.92 Å². The van der Waals surface area contributed by atoms with Crippen molar-refractivity contribution in [2.75, 3.05) is 5.88 Å². The summed E-state index contributed by atoms with van der Waals surface area (Å²) in [5.41, 5.74) is 1.11. The van der Waals surface area contributed by atoms with Gasteiger partial charge in [0.2, 0.25) is 0 Å². The van der Waals surface area contributed by atoms with E-state index < -0.39 is 0 Å². The molecule has 1 atom stereocenters. The van der Waals surface area contributed by atoms with E-state index in [-0.39, 0.29) is 0 Å². The van der Waals surface area contributed by atoms with Gasteiger partial charge in [0.1, 0.15) is 10.9 Å². The Morgan fingerprint density at radius 1 is 1.47 bits per heavy atom. The molecule has 0 aliphatic carbocycles. The molecule has 0 N–H and O–H groups in total. The van der Waals surface area contributed by atoms with Crippen LogP contribution < -0.4 is 0 Å². The summed E-state index contributed by atoms with van der Waals surface area (Å²) in [5.74, 6) is 1.56. The van der Waals surface area contributed by atoms with Gasteiger partial charge in [-0.15, -0.1) is 23.4 Å². The van der Waals surface area contributed by atoms with Gasteiger partial charge in [0.15, 0.2) is 0 Å². The van der Waals surface area contributed by atoms with Gasteiger partial charge in [-0.25, -0.2) is 9.97 Å². The average Bonchev–Trinajstić information content (AvgIpc) is 2.17. The Labute approximate surface area is 101 Å². The van der Waals surface area contributed by atoms with E-state index in [0.717, 1.165) is 29.4 Å². The molecule has 84 valence electrons. The summed E-state index contributed by atoms with van der Waals surface area (Å²) in [7, 11) is 0. The van der Waals surface area contributed by atoms with E-state index in [0.29, 0.717) is 11.1 Å². The lowest BCUT2D eigenvalue weighted by molar-refractivity contribution is 0.876. The number of thioether (sulfide) groups is 1. The van der Waals surface area contributed by atoms with Crippen LogP contribution in [0.25, 0.3) is 0 Å². The monoisotopic (exact) mass is 244 g/mol. The van der Waals surface area contributed by atoms with Gasteiger partial charge in [0, 0.05) is 16.8 Å². The van der Waals surface area contributed by atoms with Crippen molar-refractivity contribution in [2.45, 2.75) is 43.9 Å². The molecule has 0 fully saturated rings. The van der Waals surface area contributed by atoms with Crippen LogP contribution in [0.5, 0.6) is 0 Å². The van der Waals surface area contributed by atoms with Crippen molar-refractivity contribution < 1.29 is 0 Å². The van der Waals surface area contributed by atoms with E-state index in [1.54, 1.807) is 11.8 Å². The van der Waals surface area contributed by atoms with Crippen LogP contribution in [0.15, 0.2) is 11.1 Å². The first-order chi connectivity index (χ1) is 7.15. The molecular formula is C11H17ClN2S. The Bertz CT molecular complexity index is 317. The minimum atomic E-state index is 0.515. The number of hydrogen-bond donors (Lipinski definition) is 0. The van der Waals surface area contributed by atoms with Crippen LogP contribution >= 0.6 is 23.4 Å². The van der Waals surface area contributed by atoms with Crippen molar-refractivity contribution >= 4 is 23.4 Å². The minimum absolute atomic E-state index is 0.515. The van der Waals surface area contributed by atoms with Crippen molar-refractivity contribution in [2.24, 2.45) is 0 Å². The van der Waals surface area contributed by atoms with Gasteiger partial charge in [0.25, 0.3) is 0 Å². The fraction of sp³-hybridized carbons (Fsp3) is 0.636. The summed E-state index contributed by atoms with van der Waals surface area (Å²) in [6.07, 6.45) is 1.97. The molecule has 0 amide bonds. The van der Waals surface area contributed by atoms with Crippen molar-refractivity contribution in [3.63, 3.8) is 0 Å². The lowest BCUT2D eigenvalue weighted by atomic mass is 10.3. The molecular weight excluding hydrogens is 228 g/mol. The van der Waals surface area contributed by atoms with Gasteiger partial charge in [-0.05, 0) is 25.8 Å². The summed E-state index contributed by atoms with van der Waals surface area (Å²) < 4.78 is 0.